The predicted molar refractivity (Wildman–Crippen MR) is 140 cm³/mol. The largest absolute Gasteiger partial charge is 0.491 e. The molecule has 1 aromatic heterocycles. The zero-order valence-electron chi connectivity index (χ0n) is 19.8. The fourth-order valence-corrected chi connectivity index (χ4v) is 6.75. The van der Waals surface area contributed by atoms with E-state index in [0.29, 0.717) is 24.6 Å². The van der Waals surface area contributed by atoms with Crippen molar-refractivity contribution in [2.24, 2.45) is 0 Å². The maximum absolute atomic E-state index is 13.6. The lowest BCUT2D eigenvalue weighted by Gasteiger charge is -2.37. The number of fused-ring (bicyclic) bond motifs is 1. The summed E-state index contributed by atoms with van der Waals surface area (Å²) >= 11 is 7.62. The number of hydrogen-bond donors (Lipinski definition) is 0. The molecule has 0 N–H and O–H groups in total. The van der Waals surface area contributed by atoms with Crippen LogP contribution in [0.4, 0.5) is 0 Å². The van der Waals surface area contributed by atoms with Crippen molar-refractivity contribution in [1.82, 2.24) is 9.21 Å². The fraction of sp³-hybridized carbons (Fsp3) is 0.346. The Morgan fingerprint density at radius 1 is 1.14 bits per heavy atom. The molecule has 0 spiro atoms. The molecule has 4 rings (SSSR count). The summed E-state index contributed by atoms with van der Waals surface area (Å²) in [4.78, 5) is 16.7. The summed E-state index contributed by atoms with van der Waals surface area (Å²) in [6.07, 6.45) is 1.34. The first-order valence-electron chi connectivity index (χ1n) is 11.6. The van der Waals surface area contributed by atoms with Crippen molar-refractivity contribution < 1.29 is 17.9 Å². The van der Waals surface area contributed by atoms with E-state index < -0.39 is 10.0 Å². The van der Waals surface area contributed by atoms with Gasteiger partial charge < -0.3 is 9.64 Å². The molecule has 9 heteroatoms. The lowest BCUT2D eigenvalue weighted by molar-refractivity contribution is -0.135. The van der Waals surface area contributed by atoms with E-state index in [1.54, 1.807) is 28.4 Å². The summed E-state index contributed by atoms with van der Waals surface area (Å²) in [7, 11) is -3.84. The lowest BCUT2D eigenvalue weighted by atomic mass is 10.0. The summed E-state index contributed by atoms with van der Waals surface area (Å²) in [5.41, 5.74) is 2.22. The fourth-order valence-electron chi connectivity index (χ4n) is 4.22. The molecule has 0 bridgehead atoms. The molecule has 0 fully saturated rings. The predicted octanol–water partition coefficient (Wildman–Crippen LogP) is 5.32. The molecule has 1 amide bonds. The molecule has 1 aliphatic heterocycles. The topological polar surface area (TPSA) is 66.9 Å². The minimum atomic E-state index is -3.84. The van der Waals surface area contributed by atoms with Crippen LogP contribution in [-0.4, -0.2) is 49.8 Å². The van der Waals surface area contributed by atoms with E-state index in [9.17, 15) is 13.2 Å². The van der Waals surface area contributed by atoms with Crippen LogP contribution in [0.25, 0.3) is 0 Å². The zero-order valence-corrected chi connectivity index (χ0v) is 22.2. The lowest BCUT2D eigenvalue weighted by Crippen LogP contribution is -2.48. The highest BCUT2D eigenvalue weighted by Crippen LogP contribution is 2.34. The number of hydrogen-bond acceptors (Lipinski definition) is 5. The van der Waals surface area contributed by atoms with E-state index in [1.165, 1.54) is 21.3 Å². The first kappa shape index (κ1) is 25.7. The number of rotatable bonds is 9. The van der Waals surface area contributed by atoms with E-state index >= 15 is 0 Å². The molecule has 6 nitrogen and oxygen atoms in total. The van der Waals surface area contributed by atoms with Gasteiger partial charge in [-0.15, -0.1) is 11.3 Å². The van der Waals surface area contributed by atoms with E-state index in [-0.39, 0.29) is 29.9 Å². The Morgan fingerprint density at radius 3 is 2.54 bits per heavy atom. The number of carbonyl (C=O) groups excluding carboxylic acids is 1. The molecule has 2 heterocycles. The number of carbonyl (C=O) groups is 1. The summed E-state index contributed by atoms with van der Waals surface area (Å²) < 4.78 is 34.0. The summed E-state index contributed by atoms with van der Waals surface area (Å²) in [6.45, 7) is 4.76. The third kappa shape index (κ3) is 5.89. The highest BCUT2D eigenvalue weighted by atomic mass is 35.5. The number of thiophene rings is 1. The van der Waals surface area contributed by atoms with Gasteiger partial charge in [0.15, 0.2) is 0 Å². The van der Waals surface area contributed by atoms with Crippen molar-refractivity contribution in [2.75, 3.05) is 26.2 Å². The first-order chi connectivity index (χ1) is 16.8. The number of benzene rings is 2. The van der Waals surface area contributed by atoms with Crippen molar-refractivity contribution >= 4 is 38.9 Å². The van der Waals surface area contributed by atoms with Gasteiger partial charge in [0.2, 0.25) is 15.9 Å². The van der Waals surface area contributed by atoms with Crippen molar-refractivity contribution in [3.05, 3.63) is 81.0 Å². The van der Waals surface area contributed by atoms with Gasteiger partial charge in [-0.25, -0.2) is 8.42 Å². The highest BCUT2D eigenvalue weighted by Gasteiger charge is 2.35. The Labute approximate surface area is 216 Å². The van der Waals surface area contributed by atoms with E-state index in [0.717, 1.165) is 23.3 Å². The smallest absolute Gasteiger partial charge is 0.243 e. The first-order valence-corrected chi connectivity index (χ1v) is 14.3. The monoisotopic (exact) mass is 532 g/mol. The minimum absolute atomic E-state index is 0.126. The van der Waals surface area contributed by atoms with Gasteiger partial charge in [-0.1, -0.05) is 36.2 Å². The molecular weight excluding hydrogens is 504 g/mol. The minimum Gasteiger partial charge on any atom is -0.491 e. The molecule has 186 valence electrons. The van der Waals surface area contributed by atoms with Crippen molar-refractivity contribution in [3.63, 3.8) is 0 Å². The molecule has 0 aliphatic carbocycles. The number of aryl methyl sites for hydroxylation is 1. The van der Waals surface area contributed by atoms with Crippen LogP contribution in [0.3, 0.4) is 0 Å². The molecule has 1 aliphatic rings. The molecule has 2 aromatic carbocycles. The average molecular weight is 533 g/mol. The van der Waals surface area contributed by atoms with Crippen LogP contribution in [0.5, 0.6) is 5.75 Å². The van der Waals surface area contributed by atoms with Crippen LogP contribution < -0.4 is 4.74 Å². The van der Waals surface area contributed by atoms with Crippen LogP contribution in [0.1, 0.15) is 35.4 Å². The van der Waals surface area contributed by atoms with Crippen LogP contribution in [0.2, 0.25) is 5.02 Å². The van der Waals surface area contributed by atoms with Gasteiger partial charge in [0.1, 0.15) is 12.4 Å². The van der Waals surface area contributed by atoms with Crippen LogP contribution in [0.15, 0.2) is 64.9 Å². The molecule has 35 heavy (non-hydrogen) atoms. The summed E-state index contributed by atoms with van der Waals surface area (Å²) in [6, 6.07) is 15.6. The van der Waals surface area contributed by atoms with Crippen molar-refractivity contribution in [1.29, 1.82) is 0 Å². The number of halogens is 1. The highest BCUT2D eigenvalue weighted by molar-refractivity contribution is 7.89. The Balaban J connectivity index is 1.55. The van der Waals surface area contributed by atoms with E-state index in [1.807, 2.05) is 49.6 Å². The molecule has 1 unspecified atom stereocenters. The SMILES string of the molecule is CCCN(CC(=O)N1CCc2sccc2C1COc1ccc(C)cc1)S(=O)(=O)c1ccc(Cl)cc1. The van der Waals surface area contributed by atoms with E-state index in [4.69, 9.17) is 16.3 Å². The van der Waals surface area contributed by atoms with Crippen molar-refractivity contribution in [2.45, 2.75) is 37.6 Å². The van der Waals surface area contributed by atoms with Crippen molar-refractivity contribution in [3.8, 4) is 5.75 Å². The third-order valence-electron chi connectivity index (χ3n) is 6.08. The number of sulfonamides is 1. The number of amides is 1. The molecule has 0 radical (unpaired) electrons. The molecule has 0 saturated carbocycles. The third-order valence-corrected chi connectivity index (χ3v) is 9.19. The molecular formula is C26H29ClN2O4S2. The van der Waals surface area contributed by atoms with Gasteiger partial charge in [0.05, 0.1) is 17.5 Å². The number of ether oxygens (including phenoxy) is 1. The van der Waals surface area contributed by atoms with Crippen LogP contribution in [0, 0.1) is 6.92 Å². The van der Waals surface area contributed by atoms with Gasteiger partial charge in [-0.3, -0.25) is 4.79 Å². The van der Waals surface area contributed by atoms with E-state index in [2.05, 4.69) is 0 Å². The second-order valence-electron chi connectivity index (χ2n) is 8.57. The average Bonchev–Trinajstić information content (AvgIpc) is 3.32. The summed E-state index contributed by atoms with van der Waals surface area (Å²) in [5, 5.41) is 2.49. The summed E-state index contributed by atoms with van der Waals surface area (Å²) in [5.74, 6) is 0.508. The molecule has 0 saturated heterocycles. The van der Waals surface area contributed by atoms with Crippen LogP contribution >= 0.6 is 22.9 Å². The molecule has 1 atom stereocenters. The Morgan fingerprint density at radius 2 is 1.86 bits per heavy atom. The molecule has 3 aromatic rings. The Kier molecular flexibility index (Phi) is 8.16. The second-order valence-corrected chi connectivity index (χ2v) is 11.9. The second kappa shape index (κ2) is 11.1. The van der Waals surface area contributed by atoms with Gasteiger partial charge in [-0.05, 0) is 73.2 Å². The number of nitrogens with zero attached hydrogens (tertiary/aromatic N) is 2. The maximum Gasteiger partial charge on any atom is 0.243 e. The standard InChI is InChI=1S/C26H29ClN2O4S2/c1-3-14-28(35(31,32)22-10-6-20(27)7-11-22)17-26(30)29-15-12-25-23(13-16-34-25)24(29)18-33-21-8-4-19(2)5-9-21/h4-11,13,16,24H,3,12,14-15,17-18H2,1-2H3. The Bertz CT molecular complexity index is 1260. The normalized spacial score (nSPS) is 15.8. The quantitative estimate of drug-likeness (QED) is 0.374. The van der Waals surface area contributed by atoms with Gasteiger partial charge in [0, 0.05) is 23.0 Å². The van der Waals surface area contributed by atoms with Gasteiger partial charge in [-0.2, -0.15) is 4.31 Å². The van der Waals surface area contributed by atoms with Gasteiger partial charge in [0.25, 0.3) is 0 Å². The maximum atomic E-state index is 13.6. The zero-order chi connectivity index (χ0) is 25.0. The Hall–Kier alpha value is -2.39. The van der Waals surface area contributed by atoms with Gasteiger partial charge >= 0.3 is 0 Å². The van der Waals surface area contributed by atoms with Crippen LogP contribution in [-0.2, 0) is 21.2 Å².